The van der Waals surface area contributed by atoms with Crippen molar-refractivity contribution in [1.29, 1.82) is 0 Å². The Kier molecular flexibility index (Phi) is 3.97. The fraction of sp³-hybridized carbons (Fsp3) is 0.471. The van der Waals surface area contributed by atoms with Crippen molar-refractivity contribution in [2.45, 2.75) is 39.2 Å². The van der Waals surface area contributed by atoms with Crippen molar-refractivity contribution < 1.29 is 4.74 Å². The number of nitrogens with one attached hydrogen (secondary N) is 1. The second-order valence-electron chi connectivity index (χ2n) is 5.88. The summed E-state index contributed by atoms with van der Waals surface area (Å²) in [6.45, 7) is 4.83. The molecule has 0 saturated heterocycles. The van der Waals surface area contributed by atoms with Crippen LogP contribution in [-0.4, -0.2) is 23.3 Å². The predicted octanol–water partition coefficient (Wildman–Crippen LogP) is 3.63. The van der Waals surface area contributed by atoms with Crippen molar-refractivity contribution in [3.63, 3.8) is 0 Å². The number of benzene rings is 1. The zero-order valence-corrected chi connectivity index (χ0v) is 13.0. The summed E-state index contributed by atoms with van der Waals surface area (Å²) >= 11 is 0. The molecule has 4 heteroatoms. The number of aromatic nitrogens is 2. The lowest BCUT2D eigenvalue weighted by molar-refractivity contribution is 0.163. The number of fused-ring (bicyclic) bond motifs is 1. The van der Waals surface area contributed by atoms with E-state index in [1.54, 1.807) is 7.11 Å². The van der Waals surface area contributed by atoms with Gasteiger partial charge >= 0.3 is 0 Å². The van der Waals surface area contributed by atoms with Crippen LogP contribution in [0.4, 0.5) is 11.6 Å². The van der Waals surface area contributed by atoms with Crippen LogP contribution in [0.5, 0.6) is 0 Å². The molecule has 1 aliphatic rings. The number of ether oxygens (including phenoxy) is 1. The normalized spacial score (nSPS) is 15.0. The van der Waals surface area contributed by atoms with Crippen LogP contribution in [-0.2, 0) is 17.6 Å². The number of imidazole rings is 1. The van der Waals surface area contributed by atoms with Gasteiger partial charge in [-0.3, -0.25) is 0 Å². The fourth-order valence-corrected chi connectivity index (χ4v) is 3.04. The Balaban J connectivity index is 1.84. The predicted molar refractivity (Wildman–Crippen MR) is 85.3 cm³/mol. The molecule has 0 bridgehead atoms. The van der Waals surface area contributed by atoms with Gasteiger partial charge in [0.1, 0.15) is 0 Å². The number of nitrogens with zero attached hydrogens (tertiary/aromatic N) is 2. The largest absolute Gasteiger partial charge is 0.383 e. The summed E-state index contributed by atoms with van der Waals surface area (Å²) in [7, 11) is 1.73. The molecule has 0 spiro atoms. The van der Waals surface area contributed by atoms with Gasteiger partial charge in [0, 0.05) is 19.0 Å². The third kappa shape index (κ3) is 2.95. The molecule has 0 aliphatic heterocycles. The maximum absolute atomic E-state index is 5.26. The third-order valence-corrected chi connectivity index (χ3v) is 4.09. The van der Waals surface area contributed by atoms with Gasteiger partial charge < -0.3 is 14.6 Å². The molecule has 2 aromatic rings. The van der Waals surface area contributed by atoms with E-state index in [4.69, 9.17) is 4.74 Å². The zero-order chi connectivity index (χ0) is 14.8. The summed E-state index contributed by atoms with van der Waals surface area (Å²) in [4.78, 5) is 4.60. The highest BCUT2D eigenvalue weighted by atomic mass is 16.5. The Bertz CT molecular complexity index is 633. The number of hydrogen-bond donors (Lipinski definition) is 1. The van der Waals surface area contributed by atoms with E-state index in [9.17, 15) is 0 Å². The van der Waals surface area contributed by atoms with E-state index in [1.807, 2.05) is 6.92 Å². The lowest BCUT2D eigenvalue weighted by Crippen LogP contribution is -2.12. The summed E-state index contributed by atoms with van der Waals surface area (Å²) < 4.78 is 7.40. The monoisotopic (exact) mass is 285 g/mol. The first-order valence-corrected chi connectivity index (χ1v) is 7.60. The smallest absolute Gasteiger partial charge is 0.207 e. The van der Waals surface area contributed by atoms with Crippen LogP contribution in [0, 0.1) is 6.92 Å². The van der Waals surface area contributed by atoms with E-state index < -0.39 is 0 Å². The lowest BCUT2D eigenvalue weighted by atomic mass is 10.1. The molecule has 1 aliphatic carbocycles. The number of aryl methyl sites for hydroxylation is 3. The highest BCUT2D eigenvalue weighted by molar-refractivity contribution is 5.57. The van der Waals surface area contributed by atoms with Crippen molar-refractivity contribution in [1.82, 2.24) is 9.55 Å². The maximum atomic E-state index is 5.26. The van der Waals surface area contributed by atoms with Crippen LogP contribution in [0.1, 0.15) is 36.2 Å². The first-order chi connectivity index (χ1) is 10.2. The van der Waals surface area contributed by atoms with Gasteiger partial charge in [-0.15, -0.1) is 0 Å². The van der Waals surface area contributed by atoms with Crippen molar-refractivity contribution in [3.8, 4) is 0 Å². The third-order valence-electron chi connectivity index (χ3n) is 4.09. The minimum atomic E-state index is 0.258. The molecule has 21 heavy (non-hydrogen) atoms. The molecule has 1 aromatic heterocycles. The number of methoxy groups -OCH3 is 1. The average molecular weight is 285 g/mol. The Hall–Kier alpha value is -1.81. The molecule has 1 atom stereocenters. The highest BCUT2D eigenvalue weighted by Gasteiger charge is 2.14. The number of anilines is 2. The van der Waals surface area contributed by atoms with Gasteiger partial charge in [0.15, 0.2) is 0 Å². The molecular formula is C17H23N3O. The molecule has 1 heterocycles. The fourth-order valence-electron chi connectivity index (χ4n) is 3.04. The van der Waals surface area contributed by atoms with Gasteiger partial charge in [-0.2, -0.15) is 0 Å². The minimum Gasteiger partial charge on any atom is -0.383 e. The molecule has 0 fully saturated rings. The summed E-state index contributed by atoms with van der Waals surface area (Å²) in [6.07, 6.45) is 5.75. The SMILES string of the molecule is COCC(C)n1cc(C)nc1Nc1ccc2c(c1)CCC2. The van der Waals surface area contributed by atoms with Gasteiger partial charge in [-0.05, 0) is 56.4 Å². The van der Waals surface area contributed by atoms with Gasteiger partial charge in [0.05, 0.1) is 18.3 Å². The van der Waals surface area contributed by atoms with E-state index in [1.165, 1.54) is 30.4 Å². The van der Waals surface area contributed by atoms with Crippen LogP contribution >= 0.6 is 0 Å². The highest BCUT2D eigenvalue weighted by Crippen LogP contribution is 2.27. The molecule has 3 rings (SSSR count). The molecule has 4 nitrogen and oxygen atoms in total. The molecule has 0 amide bonds. The van der Waals surface area contributed by atoms with Crippen molar-refractivity contribution in [3.05, 3.63) is 41.2 Å². The topological polar surface area (TPSA) is 39.1 Å². The molecule has 0 saturated carbocycles. The van der Waals surface area contributed by atoms with Crippen molar-refractivity contribution >= 4 is 11.6 Å². The number of hydrogen-bond acceptors (Lipinski definition) is 3. The Morgan fingerprint density at radius 1 is 1.33 bits per heavy atom. The van der Waals surface area contributed by atoms with E-state index >= 15 is 0 Å². The van der Waals surface area contributed by atoms with Crippen molar-refractivity contribution in [2.24, 2.45) is 0 Å². The van der Waals surface area contributed by atoms with Gasteiger partial charge in [-0.25, -0.2) is 4.98 Å². The molecule has 0 radical (unpaired) electrons. The van der Waals surface area contributed by atoms with Gasteiger partial charge in [-0.1, -0.05) is 6.07 Å². The molecule has 112 valence electrons. The van der Waals surface area contributed by atoms with Crippen LogP contribution in [0.3, 0.4) is 0 Å². The van der Waals surface area contributed by atoms with Gasteiger partial charge in [0.2, 0.25) is 5.95 Å². The molecule has 1 unspecified atom stereocenters. The van der Waals surface area contributed by atoms with E-state index in [2.05, 4.69) is 46.2 Å². The molecular weight excluding hydrogens is 262 g/mol. The second-order valence-corrected chi connectivity index (χ2v) is 5.88. The molecule has 1 N–H and O–H groups in total. The first kappa shape index (κ1) is 14.1. The van der Waals surface area contributed by atoms with E-state index in [0.717, 1.165) is 17.3 Å². The van der Waals surface area contributed by atoms with E-state index in [-0.39, 0.29) is 6.04 Å². The minimum absolute atomic E-state index is 0.258. The lowest BCUT2D eigenvalue weighted by Gasteiger charge is -2.16. The van der Waals surface area contributed by atoms with E-state index in [0.29, 0.717) is 6.61 Å². The Morgan fingerprint density at radius 3 is 2.95 bits per heavy atom. The van der Waals surface area contributed by atoms with Gasteiger partial charge in [0.25, 0.3) is 0 Å². The number of rotatable bonds is 5. The standard InChI is InChI=1S/C17H23N3O/c1-12-10-20(13(2)11-21-3)17(18-12)19-16-8-7-14-5-4-6-15(14)9-16/h7-10,13H,4-6,11H2,1-3H3,(H,18,19). The summed E-state index contributed by atoms with van der Waals surface area (Å²) in [5.74, 6) is 0.884. The van der Waals surface area contributed by atoms with Crippen LogP contribution in [0.15, 0.2) is 24.4 Å². The van der Waals surface area contributed by atoms with Crippen LogP contribution < -0.4 is 5.32 Å². The van der Waals surface area contributed by atoms with Crippen molar-refractivity contribution in [2.75, 3.05) is 19.0 Å². The summed E-state index contributed by atoms with van der Waals surface area (Å²) in [6, 6.07) is 6.91. The quantitative estimate of drug-likeness (QED) is 0.911. The maximum Gasteiger partial charge on any atom is 0.207 e. The Labute approximate surface area is 126 Å². The average Bonchev–Trinajstić information content (AvgIpc) is 3.05. The van der Waals surface area contributed by atoms with Crippen LogP contribution in [0.2, 0.25) is 0 Å². The Morgan fingerprint density at radius 2 is 2.14 bits per heavy atom. The summed E-state index contributed by atoms with van der Waals surface area (Å²) in [5.41, 5.74) is 5.10. The second kappa shape index (κ2) is 5.90. The van der Waals surface area contributed by atoms with Crippen LogP contribution in [0.25, 0.3) is 0 Å². The summed E-state index contributed by atoms with van der Waals surface area (Å²) in [5, 5.41) is 3.46. The zero-order valence-electron chi connectivity index (χ0n) is 13.0. The first-order valence-electron chi connectivity index (χ1n) is 7.60. The molecule has 1 aromatic carbocycles.